The lowest BCUT2D eigenvalue weighted by molar-refractivity contribution is -0.385. The van der Waals surface area contributed by atoms with Crippen molar-refractivity contribution in [2.75, 3.05) is 6.61 Å². The number of nitrogens with zero attached hydrogens (tertiary/aromatic N) is 1. The molecule has 0 amide bonds. The molecule has 17 heavy (non-hydrogen) atoms. The summed E-state index contributed by atoms with van der Waals surface area (Å²) in [5, 5.41) is 20.0. The SMILES string of the molecule is CC(C)(CO)[C@H](N)c1ccc(Br)c([N+](=O)[O-])c1. The number of nitro benzene ring substituents is 1. The van der Waals surface area contributed by atoms with Gasteiger partial charge in [0.2, 0.25) is 0 Å². The van der Waals surface area contributed by atoms with E-state index < -0.39 is 16.4 Å². The van der Waals surface area contributed by atoms with Crippen LogP contribution in [0.1, 0.15) is 25.5 Å². The molecule has 0 saturated heterocycles. The van der Waals surface area contributed by atoms with Crippen molar-refractivity contribution in [3.8, 4) is 0 Å². The smallest absolute Gasteiger partial charge is 0.283 e. The number of nitro groups is 1. The van der Waals surface area contributed by atoms with E-state index in [1.807, 2.05) is 13.8 Å². The second kappa shape index (κ2) is 5.12. The topological polar surface area (TPSA) is 89.4 Å². The lowest BCUT2D eigenvalue weighted by Gasteiger charge is -2.29. The number of rotatable bonds is 4. The minimum atomic E-state index is -0.526. The van der Waals surface area contributed by atoms with E-state index in [0.717, 1.165) is 0 Å². The lowest BCUT2D eigenvalue weighted by atomic mass is 9.82. The van der Waals surface area contributed by atoms with E-state index in [9.17, 15) is 15.2 Å². The van der Waals surface area contributed by atoms with E-state index in [1.54, 1.807) is 12.1 Å². The molecule has 0 saturated carbocycles. The summed E-state index contributed by atoms with van der Waals surface area (Å²) in [6.07, 6.45) is 0. The van der Waals surface area contributed by atoms with E-state index in [0.29, 0.717) is 10.0 Å². The average Bonchev–Trinajstić information content (AvgIpc) is 2.28. The van der Waals surface area contributed by atoms with Gasteiger partial charge in [-0.15, -0.1) is 0 Å². The van der Waals surface area contributed by atoms with Crippen molar-refractivity contribution < 1.29 is 10.0 Å². The summed E-state index contributed by atoms with van der Waals surface area (Å²) in [4.78, 5) is 10.3. The molecule has 6 heteroatoms. The van der Waals surface area contributed by atoms with Crippen molar-refractivity contribution in [2.24, 2.45) is 11.1 Å². The number of halogens is 1. The molecule has 1 aromatic carbocycles. The molecule has 1 aromatic rings. The molecule has 0 spiro atoms. The Morgan fingerprint density at radius 2 is 2.18 bits per heavy atom. The Hall–Kier alpha value is -0.980. The fourth-order valence-corrected chi connectivity index (χ4v) is 1.80. The maximum atomic E-state index is 10.8. The Kier molecular flexibility index (Phi) is 4.24. The van der Waals surface area contributed by atoms with E-state index >= 15 is 0 Å². The highest BCUT2D eigenvalue weighted by atomic mass is 79.9. The number of hydrogen-bond acceptors (Lipinski definition) is 4. The molecule has 0 aliphatic rings. The number of aliphatic hydroxyl groups is 1. The van der Waals surface area contributed by atoms with Gasteiger partial charge in [0.25, 0.3) is 5.69 Å². The van der Waals surface area contributed by atoms with Crippen molar-refractivity contribution in [3.05, 3.63) is 38.3 Å². The minimum Gasteiger partial charge on any atom is -0.396 e. The third-order valence-electron chi connectivity index (χ3n) is 2.78. The summed E-state index contributed by atoms with van der Waals surface area (Å²) in [5.41, 5.74) is 6.09. The van der Waals surface area contributed by atoms with Gasteiger partial charge in [-0.2, -0.15) is 0 Å². The van der Waals surface area contributed by atoms with Crippen LogP contribution in [0.4, 0.5) is 5.69 Å². The van der Waals surface area contributed by atoms with Crippen molar-refractivity contribution in [2.45, 2.75) is 19.9 Å². The Morgan fingerprint density at radius 3 is 2.65 bits per heavy atom. The van der Waals surface area contributed by atoms with Crippen LogP contribution >= 0.6 is 15.9 Å². The quantitative estimate of drug-likeness (QED) is 0.660. The molecule has 5 nitrogen and oxygen atoms in total. The first-order valence-electron chi connectivity index (χ1n) is 5.10. The minimum absolute atomic E-state index is 0.0216. The van der Waals surface area contributed by atoms with Gasteiger partial charge in [0, 0.05) is 24.1 Å². The standard InChI is InChI=1S/C11H15BrN2O3/c1-11(2,6-15)10(13)7-3-4-8(12)9(5-7)14(16)17/h3-5,10,15H,6,13H2,1-2H3/t10-/m1/s1. The van der Waals surface area contributed by atoms with E-state index in [1.165, 1.54) is 6.07 Å². The third-order valence-corrected chi connectivity index (χ3v) is 3.45. The fourth-order valence-electron chi connectivity index (χ4n) is 1.41. The average molecular weight is 303 g/mol. The first-order chi connectivity index (χ1) is 7.79. The van der Waals surface area contributed by atoms with Gasteiger partial charge >= 0.3 is 0 Å². The Labute approximate surface area is 108 Å². The van der Waals surface area contributed by atoms with Gasteiger partial charge in [0.15, 0.2) is 0 Å². The molecule has 1 atom stereocenters. The summed E-state index contributed by atoms with van der Waals surface area (Å²) in [6.45, 7) is 3.54. The molecule has 0 bridgehead atoms. The zero-order valence-electron chi connectivity index (χ0n) is 9.68. The highest BCUT2D eigenvalue weighted by Crippen LogP contribution is 2.34. The van der Waals surface area contributed by atoms with Gasteiger partial charge in [0.1, 0.15) is 0 Å². The second-order valence-electron chi connectivity index (χ2n) is 4.59. The zero-order valence-corrected chi connectivity index (χ0v) is 11.3. The van der Waals surface area contributed by atoms with Crippen LogP contribution in [0.5, 0.6) is 0 Å². The molecular weight excluding hydrogens is 288 g/mol. The molecule has 1 rings (SSSR count). The molecule has 0 aliphatic heterocycles. The summed E-state index contributed by atoms with van der Waals surface area (Å²) in [7, 11) is 0. The van der Waals surface area contributed by atoms with Gasteiger partial charge in [-0.3, -0.25) is 10.1 Å². The monoisotopic (exact) mass is 302 g/mol. The van der Waals surface area contributed by atoms with Crippen LogP contribution in [0.25, 0.3) is 0 Å². The highest BCUT2D eigenvalue weighted by Gasteiger charge is 2.28. The third kappa shape index (κ3) is 3.02. The van der Waals surface area contributed by atoms with Crippen molar-refractivity contribution in [1.29, 1.82) is 0 Å². The van der Waals surface area contributed by atoms with E-state index in [-0.39, 0.29) is 12.3 Å². The maximum absolute atomic E-state index is 10.8. The molecule has 3 N–H and O–H groups in total. The highest BCUT2D eigenvalue weighted by molar-refractivity contribution is 9.10. The Morgan fingerprint density at radius 1 is 1.59 bits per heavy atom. The van der Waals surface area contributed by atoms with Gasteiger partial charge in [-0.1, -0.05) is 19.9 Å². The molecule has 0 unspecified atom stereocenters. The van der Waals surface area contributed by atoms with E-state index in [4.69, 9.17) is 5.73 Å². The number of aliphatic hydroxyl groups excluding tert-OH is 1. The number of benzene rings is 1. The molecule has 0 fully saturated rings. The molecule has 0 aliphatic carbocycles. The predicted molar refractivity (Wildman–Crippen MR) is 68.6 cm³/mol. The van der Waals surface area contributed by atoms with Gasteiger partial charge in [-0.25, -0.2) is 0 Å². The normalized spacial score (nSPS) is 13.5. The Balaban J connectivity index is 3.16. The van der Waals surface area contributed by atoms with Crippen molar-refractivity contribution in [1.82, 2.24) is 0 Å². The lowest BCUT2D eigenvalue weighted by Crippen LogP contribution is -2.32. The first-order valence-corrected chi connectivity index (χ1v) is 5.89. The number of nitrogens with two attached hydrogens (primary N) is 1. The van der Waals surface area contributed by atoms with Crippen LogP contribution in [-0.2, 0) is 0 Å². The summed E-state index contributed by atoms with van der Waals surface area (Å²) in [6, 6.07) is 4.30. The predicted octanol–water partition coefficient (Wildman–Crippen LogP) is 2.38. The molecule has 0 radical (unpaired) electrons. The van der Waals surface area contributed by atoms with E-state index in [2.05, 4.69) is 15.9 Å². The van der Waals surface area contributed by atoms with Crippen LogP contribution in [0, 0.1) is 15.5 Å². The summed E-state index contributed by atoms with van der Waals surface area (Å²) < 4.78 is 0.417. The van der Waals surface area contributed by atoms with Crippen LogP contribution in [0.3, 0.4) is 0 Å². The van der Waals surface area contributed by atoms with Gasteiger partial charge < -0.3 is 10.8 Å². The zero-order chi connectivity index (χ0) is 13.2. The number of hydrogen-bond donors (Lipinski definition) is 2. The van der Waals surface area contributed by atoms with Gasteiger partial charge in [-0.05, 0) is 27.6 Å². The van der Waals surface area contributed by atoms with Gasteiger partial charge in [0.05, 0.1) is 9.40 Å². The molecular formula is C11H15BrN2O3. The van der Waals surface area contributed by atoms with Crippen LogP contribution in [-0.4, -0.2) is 16.6 Å². The maximum Gasteiger partial charge on any atom is 0.283 e. The molecule has 0 aromatic heterocycles. The van der Waals surface area contributed by atoms with Crippen molar-refractivity contribution in [3.63, 3.8) is 0 Å². The Bertz CT molecular complexity index is 435. The fraction of sp³-hybridized carbons (Fsp3) is 0.455. The van der Waals surface area contributed by atoms with Crippen molar-refractivity contribution >= 4 is 21.6 Å². The van der Waals surface area contributed by atoms with Crippen LogP contribution in [0.2, 0.25) is 0 Å². The first kappa shape index (κ1) is 14.1. The van der Waals surface area contributed by atoms with Crippen LogP contribution in [0.15, 0.2) is 22.7 Å². The summed E-state index contributed by atoms with van der Waals surface area (Å²) in [5.74, 6) is 0. The summed E-state index contributed by atoms with van der Waals surface area (Å²) >= 11 is 3.12. The van der Waals surface area contributed by atoms with Crippen LogP contribution < -0.4 is 5.73 Å². The largest absolute Gasteiger partial charge is 0.396 e. The second-order valence-corrected chi connectivity index (χ2v) is 5.45. The molecule has 94 valence electrons. The molecule has 0 heterocycles.